The van der Waals surface area contributed by atoms with E-state index in [-0.39, 0.29) is 24.2 Å². The molecule has 2 amide bonds. The summed E-state index contributed by atoms with van der Waals surface area (Å²) in [5.41, 5.74) is 0.252. The van der Waals surface area contributed by atoms with Gasteiger partial charge < -0.3 is 20.1 Å². The molecule has 1 aromatic carbocycles. The molecule has 28 heavy (non-hydrogen) atoms. The smallest absolute Gasteiger partial charge is 0.318 e. The van der Waals surface area contributed by atoms with Gasteiger partial charge in [-0.1, -0.05) is 19.4 Å². The molecule has 1 saturated heterocycles. The van der Waals surface area contributed by atoms with Crippen molar-refractivity contribution in [3.63, 3.8) is 0 Å². The number of ether oxygens (including phenoxy) is 1. The van der Waals surface area contributed by atoms with Crippen LogP contribution >= 0.6 is 0 Å². The van der Waals surface area contributed by atoms with Crippen LogP contribution in [0.5, 0.6) is 0 Å². The lowest BCUT2D eigenvalue weighted by Gasteiger charge is -2.35. The van der Waals surface area contributed by atoms with Crippen molar-refractivity contribution >= 4 is 12.0 Å². The monoisotopic (exact) mass is 399 g/mol. The minimum Gasteiger partial charge on any atom is -0.480 e. The van der Waals surface area contributed by atoms with Crippen molar-refractivity contribution in [3.05, 3.63) is 35.4 Å². The van der Waals surface area contributed by atoms with Gasteiger partial charge in [0.15, 0.2) is 0 Å². The molecule has 2 rings (SSSR count). The zero-order valence-corrected chi connectivity index (χ0v) is 16.2. The molecular weight excluding hydrogens is 372 g/mol. The van der Waals surface area contributed by atoms with Crippen LogP contribution in [0.4, 0.5) is 13.6 Å². The van der Waals surface area contributed by atoms with Gasteiger partial charge in [0.1, 0.15) is 11.6 Å². The first-order valence-electron chi connectivity index (χ1n) is 9.32. The van der Waals surface area contributed by atoms with Crippen molar-refractivity contribution < 1.29 is 28.2 Å². The number of urea groups is 1. The molecule has 2 atom stereocenters. The molecule has 0 aromatic heterocycles. The SMILES string of the molecule is CCCC(NC(=O)N1CCOC(CN(C)CC(=O)O)C1)c1ccc(F)cc1F. The summed E-state index contributed by atoms with van der Waals surface area (Å²) in [5.74, 6) is -2.28. The van der Waals surface area contributed by atoms with E-state index in [1.165, 1.54) is 12.1 Å². The number of aliphatic carboxylic acids is 1. The molecule has 2 unspecified atom stereocenters. The van der Waals surface area contributed by atoms with E-state index in [1.807, 2.05) is 6.92 Å². The van der Waals surface area contributed by atoms with Crippen LogP contribution in [0.25, 0.3) is 0 Å². The third-order valence-electron chi connectivity index (χ3n) is 4.56. The molecule has 1 aromatic rings. The number of benzene rings is 1. The van der Waals surface area contributed by atoms with Gasteiger partial charge in [-0.3, -0.25) is 9.69 Å². The molecule has 1 heterocycles. The second-order valence-electron chi connectivity index (χ2n) is 6.99. The highest BCUT2D eigenvalue weighted by Crippen LogP contribution is 2.23. The Labute approximate surface area is 163 Å². The number of morpholine rings is 1. The number of rotatable bonds is 8. The molecule has 1 aliphatic rings. The lowest BCUT2D eigenvalue weighted by atomic mass is 10.0. The minimum atomic E-state index is -0.934. The molecule has 1 aliphatic heterocycles. The Morgan fingerprint density at radius 1 is 1.43 bits per heavy atom. The first-order valence-corrected chi connectivity index (χ1v) is 9.32. The van der Waals surface area contributed by atoms with Gasteiger partial charge in [0.2, 0.25) is 0 Å². The zero-order chi connectivity index (χ0) is 20.7. The number of carbonyl (C=O) groups excluding carboxylic acids is 1. The summed E-state index contributed by atoms with van der Waals surface area (Å²) < 4.78 is 33.0. The molecule has 1 fully saturated rings. The van der Waals surface area contributed by atoms with Gasteiger partial charge in [-0.2, -0.15) is 0 Å². The number of amides is 2. The van der Waals surface area contributed by atoms with Gasteiger partial charge in [-0.25, -0.2) is 13.6 Å². The van der Waals surface area contributed by atoms with Crippen LogP contribution in [0.15, 0.2) is 18.2 Å². The first-order chi connectivity index (χ1) is 13.3. The fraction of sp³-hybridized carbons (Fsp3) is 0.579. The van der Waals surface area contributed by atoms with Crippen molar-refractivity contribution in [1.29, 1.82) is 0 Å². The summed E-state index contributed by atoms with van der Waals surface area (Å²) in [4.78, 5) is 26.7. The van der Waals surface area contributed by atoms with E-state index in [0.717, 1.165) is 6.07 Å². The summed E-state index contributed by atoms with van der Waals surface area (Å²) in [5, 5.41) is 11.7. The maximum absolute atomic E-state index is 14.1. The highest BCUT2D eigenvalue weighted by molar-refractivity contribution is 5.75. The fourth-order valence-electron chi connectivity index (χ4n) is 3.28. The average Bonchev–Trinajstić information content (AvgIpc) is 2.61. The summed E-state index contributed by atoms with van der Waals surface area (Å²) >= 11 is 0. The number of nitrogens with one attached hydrogen (secondary N) is 1. The van der Waals surface area contributed by atoms with E-state index in [0.29, 0.717) is 39.1 Å². The summed E-state index contributed by atoms with van der Waals surface area (Å²) in [6.45, 7) is 3.21. The third-order valence-corrected chi connectivity index (χ3v) is 4.56. The summed E-state index contributed by atoms with van der Waals surface area (Å²) in [7, 11) is 1.67. The molecular formula is C19H27F2N3O4. The molecule has 7 nitrogen and oxygen atoms in total. The topological polar surface area (TPSA) is 82.1 Å². The molecule has 0 aliphatic carbocycles. The van der Waals surface area contributed by atoms with Gasteiger partial charge in [-0.15, -0.1) is 0 Å². The van der Waals surface area contributed by atoms with Crippen LogP contribution in [0.2, 0.25) is 0 Å². The Morgan fingerprint density at radius 2 is 2.18 bits per heavy atom. The number of hydrogen-bond donors (Lipinski definition) is 2. The van der Waals surface area contributed by atoms with Crippen LogP contribution in [-0.4, -0.2) is 72.8 Å². The summed E-state index contributed by atoms with van der Waals surface area (Å²) in [6.07, 6.45) is 0.924. The minimum absolute atomic E-state index is 0.117. The predicted octanol–water partition coefficient (Wildman–Crippen LogP) is 2.23. The number of nitrogens with zero attached hydrogens (tertiary/aromatic N) is 2. The van der Waals surface area contributed by atoms with Crippen LogP contribution in [-0.2, 0) is 9.53 Å². The quantitative estimate of drug-likeness (QED) is 0.701. The molecule has 0 saturated carbocycles. The third kappa shape index (κ3) is 6.42. The Bertz CT molecular complexity index is 689. The molecule has 0 spiro atoms. The van der Waals surface area contributed by atoms with Crippen molar-refractivity contribution in [2.75, 3.05) is 39.8 Å². The average molecular weight is 399 g/mol. The Kier molecular flexibility index (Phi) is 8.13. The van der Waals surface area contributed by atoms with Crippen LogP contribution in [0.3, 0.4) is 0 Å². The number of hydrogen-bond acceptors (Lipinski definition) is 4. The number of carboxylic acids is 1. The molecule has 0 radical (unpaired) electrons. The maximum Gasteiger partial charge on any atom is 0.318 e. The standard InChI is InChI=1S/C19H27F2N3O4/c1-3-4-17(15-6-5-13(20)9-16(15)21)22-19(27)24-7-8-28-14(11-24)10-23(2)12-18(25)26/h5-6,9,14,17H,3-4,7-8,10-12H2,1-2H3,(H,22,27)(H,25,26). The first kappa shape index (κ1) is 22.0. The van der Waals surface area contributed by atoms with Gasteiger partial charge in [-0.05, 0) is 19.5 Å². The maximum atomic E-state index is 14.1. The van der Waals surface area contributed by atoms with Crippen molar-refractivity contribution in [2.24, 2.45) is 0 Å². The van der Waals surface area contributed by atoms with Crippen molar-refractivity contribution in [2.45, 2.75) is 31.9 Å². The molecule has 156 valence electrons. The lowest BCUT2D eigenvalue weighted by molar-refractivity contribution is -0.138. The normalized spacial score (nSPS) is 18.2. The van der Waals surface area contributed by atoms with E-state index in [4.69, 9.17) is 9.84 Å². The van der Waals surface area contributed by atoms with E-state index in [2.05, 4.69) is 5.32 Å². The second kappa shape index (κ2) is 10.3. The van der Waals surface area contributed by atoms with Crippen molar-refractivity contribution in [1.82, 2.24) is 15.1 Å². The second-order valence-corrected chi connectivity index (χ2v) is 6.99. The Morgan fingerprint density at radius 3 is 2.82 bits per heavy atom. The highest BCUT2D eigenvalue weighted by atomic mass is 19.1. The number of halogens is 2. The molecule has 9 heteroatoms. The highest BCUT2D eigenvalue weighted by Gasteiger charge is 2.27. The van der Waals surface area contributed by atoms with Gasteiger partial charge >= 0.3 is 12.0 Å². The van der Waals surface area contributed by atoms with E-state index >= 15 is 0 Å². The number of carboxylic acid groups (broad SMARTS) is 1. The van der Waals surface area contributed by atoms with Crippen LogP contribution in [0, 0.1) is 11.6 Å². The van der Waals surface area contributed by atoms with E-state index < -0.39 is 23.6 Å². The molecule has 0 bridgehead atoms. The van der Waals surface area contributed by atoms with Gasteiger partial charge in [0.25, 0.3) is 0 Å². The lowest BCUT2D eigenvalue weighted by Crippen LogP contribution is -2.52. The van der Waals surface area contributed by atoms with Gasteiger partial charge in [0.05, 0.1) is 25.3 Å². The Balaban J connectivity index is 1.99. The van der Waals surface area contributed by atoms with E-state index in [9.17, 15) is 18.4 Å². The van der Waals surface area contributed by atoms with Gasteiger partial charge in [0, 0.05) is 31.3 Å². The Hall–Kier alpha value is -2.26. The number of likely N-dealkylation sites (N-methyl/N-ethyl adjacent to an activating group) is 1. The van der Waals surface area contributed by atoms with E-state index in [1.54, 1.807) is 16.8 Å². The molecule has 2 N–H and O–H groups in total. The largest absolute Gasteiger partial charge is 0.480 e. The number of carbonyl (C=O) groups is 2. The zero-order valence-electron chi connectivity index (χ0n) is 16.2. The van der Waals surface area contributed by atoms with Crippen LogP contribution < -0.4 is 5.32 Å². The predicted molar refractivity (Wildman–Crippen MR) is 99.0 cm³/mol. The summed E-state index contributed by atoms with van der Waals surface area (Å²) in [6, 6.07) is 2.43. The van der Waals surface area contributed by atoms with Crippen LogP contribution in [0.1, 0.15) is 31.4 Å². The van der Waals surface area contributed by atoms with Crippen molar-refractivity contribution in [3.8, 4) is 0 Å². The fourth-order valence-corrected chi connectivity index (χ4v) is 3.28.